The molecule has 0 spiro atoms. The maximum atomic E-state index is 12.6. The zero-order valence-electron chi connectivity index (χ0n) is 9.53. The Balaban J connectivity index is 2.42. The van der Waals surface area contributed by atoms with Gasteiger partial charge in [0, 0.05) is 16.7 Å². The van der Waals surface area contributed by atoms with Crippen LogP contribution in [0.1, 0.15) is 17.0 Å². The molecular weight excluding hydrogens is 331 g/mol. The Bertz CT molecular complexity index is 663. The fraction of sp³-hybridized carbons (Fsp3) is 0.300. The van der Waals surface area contributed by atoms with Crippen LogP contribution in [0.3, 0.4) is 0 Å². The quantitative estimate of drug-likeness (QED) is 0.844. The van der Waals surface area contributed by atoms with Crippen molar-refractivity contribution in [2.24, 2.45) is 0 Å². The van der Waals surface area contributed by atoms with Crippen molar-refractivity contribution < 1.29 is 17.8 Å². The Hall–Kier alpha value is -1.64. The first-order chi connectivity index (χ1) is 8.79. The van der Waals surface area contributed by atoms with Crippen LogP contribution in [0.25, 0.3) is 0 Å². The highest BCUT2D eigenvalue weighted by atomic mass is 79.9. The van der Waals surface area contributed by atoms with Crippen LogP contribution in [0.2, 0.25) is 0 Å². The Kier molecular flexibility index (Phi) is 3.48. The molecule has 0 N–H and O–H groups in total. The fourth-order valence-electron chi connectivity index (χ4n) is 1.44. The smallest absolute Gasteiger partial charge is 0.308 e. The lowest BCUT2D eigenvalue weighted by atomic mass is 10.2. The summed E-state index contributed by atoms with van der Waals surface area (Å²) in [5.74, 6) is 0. The molecule has 0 atom stereocenters. The predicted octanol–water partition coefficient (Wildman–Crippen LogP) is 2.37. The Morgan fingerprint density at radius 2 is 2.11 bits per heavy atom. The third kappa shape index (κ3) is 2.86. The Labute approximate surface area is 113 Å². The normalized spacial score (nSPS) is 11.8. The average molecular weight is 338 g/mol. The van der Waals surface area contributed by atoms with Crippen LogP contribution in [0.15, 0.2) is 26.2 Å². The van der Waals surface area contributed by atoms with Gasteiger partial charge in [0.1, 0.15) is 11.4 Å². The molecule has 2 heterocycles. The zero-order valence-corrected chi connectivity index (χ0v) is 11.1. The van der Waals surface area contributed by atoms with Gasteiger partial charge in [0.05, 0.1) is 12.1 Å². The van der Waals surface area contributed by atoms with Gasteiger partial charge in [-0.05, 0) is 22.9 Å². The molecule has 2 aromatic heterocycles. The number of hydrogen-bond donors (Lipinski definition) is 0. The van der Waals surface area contributed by atoms with E-state index in [1.54, 1.807) is 6.92 Å². The van der Waals surface area contributed by atoms with Crippen molar-refractivity contribution in [2.75, 3.05) is 0 Å². The summed E-state index contributed by atoms with van der Waals surface area (Å²) in [4.78, 5) is 11.6. The standard InChI is InChI=1S/C10H7BrF3N3O2/c1-5-8(16-19-15-5)4-17-3-7(11)6(2-9(17)18)10(12,13)14/h2-3H,4H2,1H3. The summed E-state index contributed by atoms with van der Waals surface area (Å²) >= 11 is 2.80. The van der Waals surface area contributed by atoms with E-state index in [1.807, 2.05) is 0 Å². The van der Waals surface area contributed by atoms with E-state index in [9.17, 15) is 18.0 Å². The molecule has 0 amide bonds. The number of rotatable bonds is 2. The van der Waals surface area contributed by atoms with E-state index >= 15 is 0 Å². The molecule has 0 aromatic carbocycles. The van der Waals surface area contributed by atoms with Crippen molar-refractivity contribution in [3.8, 4) is 0 Å². The van der Waals surface area contributed by atoms with E-state index in [-0.39, 0.29) is 11.0 Å². The largest absolute Gasteiger partial charge is 0.417 e. The van der Waals surface area contributed by atoms with E-state index in [0.29, 0.717) is 17.5 Å². The van der Waals surface area contributed by atoms with Crippen LogP contribution in [0.5, 0.6) is 0 Å². The second-order valence-electron chi connectivity index (χ2n) is 3.80. The molecule has 0 bridgehead atoms. The molecule has 0 fully saturated rings. The van der Waals surface area contributed by atoms with Gasteiger partial charge >= 0.3 is 6.18 Å². The lowest BCUT2D eigenvalue weighted by Gasteiger charge is -2.11. The van der Waals surface area contributed by atoms with Crippen LogP contribution in [0, 0.1) is 6.92 Å². The summed E-state index contributed by atoms with van der Waals surface area (Å²) in [5.41, 5.74) is -0.932. The third-order valence-electron chi connectivity index (χ3n) is 2.45. The van der Waals surface area contributed by atoms with E-state index < -0.39 is 17.3 Å². The molecule has 0 unspecified atom stereocenters. The van der Waals surface area contributed by atoms with Crippen molar-refractivity contribution in [2.45, 2.75) is 19.6 Å². The van der Waals surface area contributed by atoms with Gasteiger partial charge in [-0.2, -0.15) is 13.2 Å². The molecule has 0 saturated heterocycles. The van der Waals surface area contributed by atoms with Crippen LogP contribution in [0.4, 0.5) is 13.2 Å². The number of halogens is 4. The molecule has 2 aromatic rings. The maximum Gasteiger partial charge on any atom is 0.417 e. The number of alkyl halides is 3. The van der Waals surface area contributed by atoms with Gasteiger partial charge in [-0.3, -0.25) is 4.79 Å². The molecular formula is C10H7BrF3N3O2. The van der Waals surface area contributed by atoms with Crippen molar-refractivity contribution in [3.63, 3.8) is 0 Å². The van der Waals surface area contributed by atoms with E-state index in [0.717, 1.165) is 10.8 Å². The van der Waals surface area contributed by atoms with Gasteiger partial charge < -0.3 is 4.57 Å². The van der Waals surface area contributed by atoms with Gasteiger partial charge in [0.25, 0.3) is 5.56 Å². The predicted molar refractivity (Wildman–Crippen MR) is 61.5 cm³/mol. The molecule has 0 aliphatic carbocycles. The van der Waals surface area contributed by atoms with Crippen LogP contribution in [-0.4, -0.2) is 14.9 Å². The molecule has 0 aliphatic rings. The van der Waals surface area contributed by atoms with E-state index in [1.165, 1.54) is 0 Å². The van der Waals surface area contributed by atoms with Gasteiger partial charge in [-0.15, -0.1) is 0 Å². The number of pyridine rings is 1. The molecule has 0 saturated carbocycles. The topological polar surface area (TPSA) is 60.9 Å². The van der Waals surface area contributed by atoms with Gasteiger partial charge in [-0.25, -0.2) is 4.63 Å². The SMILES string of the molecule is Cc1nonc1Cn1cc(Br)c(C(F)(F)F)cc1=O. The zero-order chi connectivity index (χ0) is 14.2. The molecule has 0 radical (unpaired) electrons. The molecule has 5 nitrogen and oxygen atoms in total. The van der Waals surface area contributed by atoms with Gasteiger partial charge in [0.15, 0.2) is 0 Å². The van der Waals surface area contributed by atoms with Crippen molar-refractivity contribution in [1.82, 2.24) is 14.9 Å². The minimum atomic E-state index is -4.58. The highest BCUT2D eigenvalue weighted by Gasteiger charge is 2.33. The van der Waals surface area contributed by atoms with Gasteiger partial charge in [-0.1, -0.05) is 10.3 Å². The summed E-state index contributed by atoms with van der Waals surface area (Å²) < 4.78 is 43.1. The van der Waals surface area contributed by atoms with E-state index in [2.05, 4.69) is 30.9 Å². The number of nitrogens with zero attached hydrogens (tertiary/aromatic N) is 3. The second kappa shape index (κ2) is 4.80. The first-order valence-corrected chi connectivity index (χ1v) is 5.83. The van der Waals surface area contributed by atoms with Crippen molar-refractivity contribution >= 4 is 15.9 Å². The molecule has 102 valence electrons. The summed E-state index contributed by atoms with van der Waals surface area (Å²) in [6.07, 6.45) is -3.51. The maximum absolute atomic E-state index is 12.6. The summed E-state index contributed by atoms with van der Waals surface area (Å²) in [7, 11) is 0. The van der Waals surface area contributed by atoms with Crippen molar-refractivity contribution in [3.05, 3.63) is 44.0 Å². The van der Waals surface area contributed by atoms with E-state index in [4.69, 9.17) is 0 Å². The van der Waals surface area contributed by atoms with Crippen LogP contribution >= 0.6 is 15.9 Å². The minimum absolute atomic E-state index is 0.00902. The fourth-order valence-corrected chi connectivity index (χ4v) is 2.03. The van der Waals surface area contributed by atoms with Gasteiger partial charge in [0.2, 0.25) is 0 Å². The Morgan fingerprint density at radius 3 is 2.63 bits per heavy atom. The highest BCUT2D eigenvalue weighted by molar-refractivity contribution is 9.10. The lowest BCUT2D eigenvalue weighted by Crippen LogP contribution is -2.23. The highest BCUT2D eigenvalue weighted by Crippen LogP contribution is 2.33. The Morgan fingerprint density at radius 1 is 1.42 bits per heavy atom. The molecule has 19 heavy (non-hydrogen) atoms. The van der Waals surface area contributed by atoms with Crippen LogP contribution in [-0.2, 0) is 12.7 Å². The molecule has 2 rings (SSSR count). The third-order valence-corrected chi connectivity index (χ3v) is 3.08. The van der Waals surface area contributed by atoms with Crippen LogP contribution < -0.4 is 5.56 Å². The van der Waals surface area contributed by atoms with Crippen molar-refractivity contribution in [1.29, 1.82) is 0 Å². The number of aromatic nitrogens is 3. The summed E-state index contributed by atoms with van der Waals surface area (Å²) in [6, 6.07) is 0.535. The monoisotopic (exact) mass is 337 g/mol. The first-order valence-electron chi connectivity index (χ1n) is 5.04. The molecule has 0 aliphatic heterocycles. The first kappa shape index (κ1) is 13.8. The lowest BCUT2D eigenvalue weighted by molar-refractivity contribution is -0.138. The summed E-state index contributed by atoms with van der Waals surface area (Å²) in [5, 5.41) is 7.10. The minimum Gasteiger partial charge on any atom is -0.308 e. The molecule has 9 heteroatoms. The summed E-state index contributed by atoms with van der Waals surface area (Å²) in [6.45, 7) is 1.61. The number of aryl methyl sites for hydroxylation is 1. The second-order valence-corrected chi connectivity index (χ2v) is 4.65. The average Bonchev–Trinajstić information content (AvgIpc) is 2.68. The number of hydrogen-bond acceptors (Lipinski definition) is 4.